The normalized spacial score (nSPS) is 13.7. The van der Waals surface area contributed by atoms with Crippen molar-refractivity contribution in [2.24, 2.45) is 0 Å². The van der Waals surface area contributed by atoms with Crippen LogP contribution in [0.4, 0.5) is 21.0 Å². The number of ether oxygens (including phenoxy) is 2. The molecule has 0 atom stereocenters. The summed E-state index contributed by atoms with van der Waals surface area (Å²) in [5.41, 5.74) is 1.53. The van der Waals surface area contributed by atoms with Gasteiger partial charge in [-0.3, -0.25) is 9.80 Å². The van der Waals surface area contributed by atoms with Crippen LogP contribution >= 0.6 is 15.9 Å². The highest BCUT2D eigenvalue weighted by molar-refractivity contribution is 9.10. The summed E-state index contributed by atoms with van der Waals surface area (Å²) in [6.07, 6.45) is -0.889. The van der Waals surface area contributed by atoms with Crippen LogP contribution < -0.4 is 9.80 Å². The van der Waals surface area contributed by atoms with Gasteiger partial charge in [0.05, 0.1) is 11.4 Å². The van der Waals surface area contributed by atoms with Crippen LogP contribution in [0, 0.1) is 0 Å². The fraction of sp³-hybridized carbons (Fsp3) is 0.333. The van der Waals surface area contributed by atoms with Crippen LogP contribution in [0.2, 0.25) is 0 Å². The van der Waals surface area contributed by atoms with E-state index in [1.807, 2.05) is 57.2 Å². The summed E-state index contributed by atoms with van der Waals surface area (Å²) < 4.78 is 11.8. The number of benzene rings is 2. The lowest BCUT2D eigenvalue weighted by Gasteiger charge is -2.36. The Balaban J connectivity index is 1.80. The molecule has 0 unspecified atom stereocenters. The summed E-state index contributed by atoms with van der Waals surface area (Å²) in [7, 11) is 0. The van der Waals surface area contributed by atoms with Gasteiger partial charge in [0.15, 0.2) is 0 Å². The van der Waals surface area contributed by atoms with Crippen molar-refractivity contribution in [1.29, 1.82) is 0 Å². The second kappa shape index (κ2) is 8.22. The first-order chi connectivity index (χ1) is 13.2. The van der Waals surface area contributed by atoms with Crippen molar-refractivity contribution in [3.8, 4) is 0 Å². The predicted octanol–water partition coefficient (Wildman–Crippen LogP) is 5.35. The van der Waals surface area contributed by atoms with Crippen LogP contribution in [-0.4, -0.2) is 30.9 Å². The zero-order chi connectivity index (χ0) is 20.3. The third-order valence-electron chi connectivity index (χ3n) is 4.11. The predicted molar refractivity (Wildman–Crippen MR) is 112 cm³/mol. The summed E-state index contributed by atoms with van der Waals surface area (Å²) in [6, 6.07) is 14.9. The maximum Gasteiger partial charge on any atom is 0.414 e. The van der Waals surface area contributed by atoms with Crippen molar-refractivity contribution in [2.45, 2.75) is 33.0 Å². The number of halogens is 1. The van der Waals surface area contributed by atoms with E-state index in [1.54, 1.807) is 21.9 Å². The molecule has 1 aliphatic heterocycles. The smallest absolute Gasteiger partial charge is 0.414 e. The highest BCUT2D eigenvalue weighted by atomic mass is 79.9. The maximum atomic E-state index is 12.7. The number of anilines is 2. The summed E-state index contributed by atoms with van der Waals surface area (Å²) in [6.45, 7) is 6.30. The fourth-order valence-electron chi connectivity index (χ4n) is 2.88. The molecule has 1 aliphatic rings. The molecule has 0 fully saturated rings. The summed E-state index contributed by atoms with van der Waals surface area (Å²) >= 11 is 3.43. The SMILES string of the molecule is CC(C)(C)OC(=O)N1CCN(C(=O)OCc2ccccc2)c2ccc(Br)cc21. The lowest BCUT2D eigenvalue weighted by Crippen LogP contribution is -2.48. The van der Waals surface area contributed by atoms with Crippen molar-refractivity contribution >= 4 is 39.5 Å². The van der Waals surface area contributed by atoms with Crippen molar-refractivity contribution in [1.82, 2.24) is 0 Å². The van der Waals surface area contributed by atoms with Crippen molar-refractivity contribution in [3.63, 3.8) is 0 Å². The first-order valence-corrected chi connectivity index (χ1v) is 9.82. The first-order valence-electron chi connectivity index (χ1n) is 9.03. The molecule has 28 heavy (non-hydrogen) atoms. The van der Waals surface area contributed by atoms with Gasteiger partial charge in [-0.1, -0.05) is 46.3 Å². The zero-order valence-corrected chi connectivity index (χ0v) is 17.7. The largest absolute Gasteiger partial charge is 0.444 e. The summed E-state index contributed by atoms with van der Waals surface area (Å²) in [4.78, 5) is 28.4. The van der Waals surface area contributed by atoms with E-state index in [9.17, 15) is 9.59 Å². The second-order valence-corrected chi connectivity index (χ2v) is 8.37. The average molecular weight is 447 g/mol. The van der Waals surface area contributed by atoms with Crippen LogP contribution in [-0.2, 0) is 16.1 Å². The van der Waals surface area contributed by atoms with Gasteiger partial charge in [0.1, 0.15) is 12.2 Å². The van der Waals surface area contributed by atoms with Crippen LogP contribution in [0.25, 0.3) is 0 Å². The standard InChI is InChI=1S/C21H23BrN2O4/c1-21(2,3)28-20(26)24-12-11-23(17-10-9-16(22)13-18(17)24)19(25)27-14-15-7-5-4-6-8-15/h4-10,13H,11-12,14H2,1-3H3. The maximum absolute atomic E-state index is 12.7. The third kappa shape index (κ3) is 4.84. The number of hydrogen-bond acceptors (Lipinski definition) is 4. The number of fused-ring (bicyclic) bond motifs is 1. The fourth-order valence-corrected chi connectivity index (χ4v) is 3.22. The number of carbonyl (C=O) groups excluding carboxylic acids is 2. The van der Waals surface area contributed by atoms with Gasteiger partial charge in [0.25, 0.3) is 0 Å². The van der Waals surface area contributed by atoms with Gasteiger partial charge in [-0.05, 0) is 44.5 Å². The average Bonchev–Trinajstić information content (AvgIpc) is 2.64. The van der Waals surface area contributed by atoms with Crippen molar-refractivity contribution < 1.29 is 19.1 Å². The lowest BCUT2D eigenvalue weighted by atomic mass is 10.1. The molecule has 3 rings (SSSR count). The Morgan fingerprint density at radius 2 is 1.61 bits per heavy atom. The van der Waals surface area contributed by atoms with E-state index in [-0.39, 0.29) is 6.61 Å². The summed E-state index contributed by atoms with van der Waals surface area (Å²) in [5.74, 6) is 0. The van der Waals surface area contributed by atoms with Crippen molar-refractivity contribution in [2.75, 3.05) is 22.9 Å². The molecule has 0 N–H and O–H groups in total. The highest BCUT2D eigenvalue weighted by Crippen LogP contribution is 2.36. The topological polar surface area (TPSA) is 59.1 Å². The number of carbonyl (C=O) groups is 2. The highest BCUT2D eigenvalue weighted by Gasteiger charge is 2.33. The van der Waals surface area contributed by atoms with E-state index < -0.39 is 17.8 Å². The van der Waals surface area contributed by atoms with Crippen molar-refractivity contribution in [3.05, 3.63) is 58.6 Å². The molecule has 2 amide bonds. The molecule has 0 saturated heterocycles. The second-order valence-electron chi connectivity index (χ2n) is 7.46. The van der Waals surface area contributed by atoms with Crippen LogP contribution in [0.15, 0.2) is 53.0 Å². The van der Waals surface area contributed by atoms with Gasteiger partial charge in [-0.2, -0.15) is 0 Å². The molecule has 0 aliphatic carbocycles. The monoisotopic (exact) mass is 446 g/mol. The van der Waals surface area contributed by atoms with Gasteiger partial charge in [0.2, 0.25) is 0 Å². The minimum absolute atomic E-state index is 0.192. The zero-order valence-electron chi connectivity index (χ0n) is 16.1. The quantitative estimate of drug-likeness (QED) is 0.623. The van der Waals surface area contributed by atoms with E-state index in [0.717, 1.165) is 10.0 Å². The lowest BCUT2D eigenvalue weighted by molar-refractivity contribution is 0.0579. The van der Waals surface area contributed by atoms with Gasteiger partial charge in [0, 0.05) is 17.6 Å². The van der Waals surface area contributed by atoms with E-state index in [4.69, 9.17) is 9.47 Å². The molecule has 7 heteroatoms. The molecule has 0 radical (unpaired) electrons. The number of nitrogens with zero attached hydrogens (tertiary/aromatic N) is 2. The molecule has 1 heterocycles. The van der Waals surface area contributed by atoms with E-state index in [2.05, 4.69) is 15.9 Å². The van der Waals surface area contributed by atoms with E-state index in [0.29, 0.717) is 24.5 Å². The third-order valence-corrected chi connectivity index (χ3v) is 4.60. The van der Waals surface area contributed by atoms with Gasteiger partial charge in [-0.25, -0.2) is 9.59 Å². The Bertz CT molecular complexity index is 864. The Kier molecular flexibility index (Phi) is 5.93. The van der Waals surface area contributed by atoms with E-state index >= 15 is 0 Å². The van der Waals surface area contributed by atoms with Crippen LogP contribution in [0.1, 0.15) is 26.3 Å². The minimum Gasteiger partial charge on any atom is -0.444 e. The summed E-state index contributed by atoms with van der Waals surface area (Å²) in [5, 5.41) is 0. The Morgan fingerprint density at radius 3 is 2.25 bits per heavy atom. The van der Waals surface area contributed by atoms with Crippen LogP contribution in [0.5, 0.6) is 0 Å². The molecule has 0 saturated carbocycles. The molecule has 2 aromatic rings. The molecule has 0 bridgehead atoms. The Hall–Kier alpha value is -2.54. The number of amides is 2. The molecule has 6 nitrogen and oxygen atoms in total. The van der Waals surface area contributed by atoms with E-state index in [1.165, 1.54) is 0 Å². The molecule has 2 aromatic carbocycles. The van der Waals surface area contributed by atoms with Gasteiger partial charge >= 0.3 is 12.2 Å². The Labute approximate surface area is 173 Å². The number of hydrogen-bond donors (Lipinski definition) is 0. The van der Waals surface area contributed by atoms with Gasteiger partial charge < -0.3 is 9.47 Å². The molecule has 0 spiro atoms. The minimum atomic E-state index is -0.602. The molecule has 148 valence electrons. The molecular formula is C21H23BrN2O4. The van der Waals surface area contributed by atoms with Gasteiger partial charge in [-0.15, -0.1) is 0 Å². The molecular weight excluding hydrogens is 424 g/mol. The van der Waals surface area contributed by atoms with Crippen LogP contribution in [0.3, 0.4) is 0 Å². The first kappa shape index (κ1) is 20.2. The Morgan fingerprint density at radius 1 is 0.964 bits per heavy atom. The molecule has 0 aromatic heterocycles. The number of rotatable bonds is 2.